The second-order valence-electron chi connectivity index (χ2n) is 10.4. The molecule has 2 heterocycles. The average Bonchev–Trinajstić information content (AvgIpc) is 3.17. The van der Waals surface area contributed by atoms with E-state index in [1.807, 2.05) is 12.1 Å². The molecular formula is C32H31N3O3. The predicted molar refractivity (Wildman–Crippen MR) is 153 cm³/mol. The third-order valence-electron chi connectivity index (χ3n) is 7.20. The van der Waals surface area contributed by atoms with E-state index in [2.05, 4.69) is 73.2 Å². The molecule has 0 aromatic heterocycles. The summed E-state index contributed by atoms with van der Waals surface area (Å²) in [6.45, 7) is 7.62. The van der Waals surface area contributed by atoms with Gasteiger partial charge in [0.1, 0.15) is 0 Å². The molecule has 6 heteroatoms. The molecule has 0 unspecified atom stereocenters. The molecule has 0 aliphatic carbocycles. The number of hydrazone groups is 1. The van der Waals surface area contributed by atoms with Gasteiger partial charge in [0, 0.05) is 17.9 Å². The summed E-state index contributed by atoms with van der Waals surface area (Å²) in [6, 6.07) is 23.9. The van der Waals surface area contributed by atoms with Crippen LogP contribution >= 0.6 is 0 Å². The number of fused-ring (bicyclic) bond motifs is 1. The Morgan fingerprint density at radius 3 is 2.45 bits per heavy atom. The number of hydrogen-bond donors (Lipinski definition) is 1. The minimum Gasteiger partial charge on any atom is -0.476 e. The smallest absolute Gasteiger partial charge is 0.357 e. The summed E-state index contributed by atoms with van der Waals surface area (Å²) in [5.41, 5.74) is 6.19. The monoisotopic (exact) mass is 505 g/mol. The van der Waals surface area contributed by atoms with Crippen molar-refractivity contribution in [2.24, 2.45) is 5.10 Å². The van der Waals surface area contributed by atoms with Crippen molar-refractivity contribution in [3.05, 3.63) is 107 Å². The number of aryl methyl sites for hydroxylation is 1. The van der Waals surface area contributed by atoms with Gasteiger partial charge < -0.3 is 10.0 Å². The van der Waals surface area contributed by atoms with Crippen LogP contribution in [0.5, 0.6) is 0 Å². The molecule has 0 saturated carbocycles. The number of rotatable bonds is 5. The molecule has 2 aliphatic rings. The standard InChI is InChI=1S/C32H31N3O3/c1-22-13-16-24(17-14-22)34-20-8-19-32(2,3)27-21-23(15-18-28(27)34)9-7-12-26-29(31(37)38)33-35(30(26)36)25-10-5-4-6-11-25/h4-7,9-18,21H,8,19-20H2,1-3H3,(H,37,38)/b9-7+,26-12-. The van der Waals surface area contributed by atoms with Gasteiger partial charge >= 0.3 is 5.97 Å². The largest absolute Gasteiger partial charge is 0.476 e. The molecule has 0 fully saturated rings. The first kappa shape index (κ1) is 25.2. The SMILES string of the molecule is Cc1ccc(N2CCCC(C)(C)c3cc(/C=C/C=C4\C(=O)N(c5ccccc5)N=C4C(=O)O)ccc32)cc1. The van der Waals surface area contributed by atoms with Crippen molar-refractivity contribution in [3.63, 3.8) is 0 Å². The van der Waals surface area contributed by atoms with Gasteiger partial charge in [-0.3, -0.25) is 4.79 Å². The van der Waals surface area contributed by atoms with Gasteiger partial charge in [0.25, 0.3) is 5.91 Å². The number of anilines is 3. The highest BCUT2D eigenvalue weighted by atomic mass is 16.4. The van der Waals surface area contributed by atoms with E-state index < -0.39 is 11.9 Å². The van der Waals surface area contributed by atoms with E-state index in [1.165, 1.54) is 28.6 Å². The zero-order chi connectivity index (χ0) is 26.9. The third kappa shape index (κ3) is 4.90. The number of para-hydroxylation sites is 1. The lowest BCUT2D eigenvalue weighted by atomic mass is 9.80. The van der Waals surface area contributed by atoms with Gasteiger partial charge in [0.15, 0.2) is 5.71 Å². The first-order chi connectivity index (χ1) is 18.2. The van der Waals surface area contributed by atoms with Crippen molar-refractivity contribution < 1.29 is 14.7 Å². The highest BCUT2D eigenvalue weighted by molar-refractivity contribution is 6.52. The molecule has 1 N–H and O–H groups in total. The lowest BCUT2D eigenvalue weighted by molar-refractivity contribution is -0.129. The quantitative estimate of drug-likeness (QED) is 0.395. The summed E-state index contributed by atoms with van der Waals surface area (Å²) in [4.78, 5) is 27.2. The van der Waals surface area contributed by atoms with E-state index >= 15 is 0 Å². The van der Waals surface area contributed by atoms with Gasteiger partial charge in [0.05, 0.1) is 11.3 Å². The summed E-state index contributed by atoms with van der Waals surface area (Å²) >= 11 is 0. The minimum absolute atomic E-state index is 0.00215. The Kier molecular flexibility index (Phi) is 6.72. The first-order valence-electron chi connectivity index (χ1n) is 12.8. The summed E-state index contributed by atoms with van der Waals surface area (Å²) in [7, 11) is 0. The highest BCUT2D eigenvalue weighted by Crippen LogP contribution is 2.42. The van der Waals surface area contributed by atoms with Crippen molar-refractivity contribution in [2.75, 3.05) is 16.5 Å². The first-order valence-corrected chi connectivity index (χ1v) is 12.8. The van der Waals surface area contributed by atoms with Crippen molar-refractivity contribution in [1.82, 2.24) is 0 Å². The van der Waals surface area contributed by atoms with Crippen LogP contribution in [-0.2, 0) is 15.0 Å². The summed E-state index contributed by atoms with van der Waals surface area (Å²) < 4.78 is 0. The third-order valence-corrected chi connectivity index (χ3v) is 7.20. The van der Waals surface area contributed by atoms with E-state index in [9.17, 15) is 14.7 Å². The molecule has 1 amide bonds. The Hall–Kier alpha value is -4.45. The number of carbonyl (C=O) groups is 2. The number of hydrogen-bond acceptors (Lipinski definition) is 4. The van der Waals surface area contributed by atoms with Gasteiger partial charge in [-0.1, -0.05) is 68.0 Å². The number of nitrogens with zero attached hydrogens (tertiary/aromatic N) is 3. The van der Waals surface area contributed by atoms with Gasteiger partial charge in [-0.05, 0) is 78.8 Å². The van der Waals surface area contributed by atoms with Crippen molar-refractivity contribution in [1.29, 1.82) is 0 Å². The fourth-order valence-corrected chi connectivity index (χ4v) is 5.08. The second-order valence-corrected chi connectivity index (χ2v) is 10.4. The van der Waals surface area contributed by atoms with E-state index in [4.69, 9.17) is 0 Å². The Balaban J connectivity index is 1.46. The molecule has 3 aromatic carbocycles. The zero-order valence-corrected chi connectivity index (χ0v) is 21.9. The molecule has 0 atom stereocenters. The maximum Gasteiger partial charge on any atom is 0.357 e. The number of carbonyl (C=O) groups excluding carboxylic acids is 1. The lowest BCUT2D eigenvalue weighted by Gasteiger charge is -2.29. The molecule has 3 aromatic rings. The highest BCUT2D eigenvalue weighted by Gasteiger charge is 2.34. The predicted octanol–water partition coefficient (Wildman–Crippen LogP) is 6.63. The van der Waals surface area contributed by atoms with E-state index in [-0.39, 0.29) is 16.7 Å². The molecule has 192 valence electrons. The fraction of sp³-hybridized carbons (Fsp3) is 0.219. The summed E-state index contributed by atoms with van der Waals surface area (Å²) in [5.74, 6) is -1.70. The molecule has 0 saturated heterocycles. The van der Waals surface area contributed by atoms with Crippen LogP contribution < -0.4 is 9.91 Å². The molecule has 2 aliphatic heterocycles. The number of aliphatic carboxylic acids is 1. The number of carboxylic acids is 1. The van der Waals surface area contributed by atoms with Crippen LogP contribution in [-0.4, -0.2) is 29.2 Å². The van der Waals surface area contributed by atoms with Crippen molar-refractivity contribution >= 4 is 40.7 Å². The Labute approximate surface area is 223 Å². The fourth-order valence-electron chi connectivity index (χ4n) is 5.08. The topological polar surface area (TPSA) is 73.2 Å². The van der Waals surface area contributed by atoms with Crippen LogP contribution in [0.25, 0.3) is 6.08 Å². The zero-order valence-electron chi connectivity index (χ0n) is 21.9. The van der Waals surface area contributed by atoms with Crippen molar-refractivity contribution in [2.45, 2.75) is 39.0 Å². The van der Waals surface area contributed by atoms with Gasteiger partial charge in [-0.15, -0.1) is 0 Å². The maximum atomic E-state index is 13.0. The van der Waals surface area contributed by atoms with Crippen LogP contribution in [0.4, 0.5) is 17.1 Å². The Morgan fingerprint density at radius 2 is 1.74 bits per heavy atom. The van der Waals surface area contributed by atoms with Gasteiger partial charge in [-0.25, -0.2) is 4.79 Å². The molecule has 0 bridgehead atoms. The van der Waals surface area contributed by atoms with Crippen molar-refractivity contribution in [3.8, 4) is 0 Å². The second kappa shape index (κ2) is 10.1. The summed E-state index contributed by atoms with van der Waals surface area (Å²) in [5, 5.41) is 14.9. The Bertz CT molecular complexity index is 1470. The molecule has 6 nitrogen and oxygen atoms in total. The molecule has 0 radical (unpaired) electrons. The summed E-state index contributed by atoms with van der Waals surface area (Å²) in [6.07, 6.45) is 7.32. The van der Waals surface area contributed by atoms with Crippen LogP contribution in [0.1, 0.15) is 43.4 Å². The Morgan fingerprint density at radius 1 is 1.00 bits per heavy atom. The van der Waals surface area contributed by atoms with E-state index in [0.717, 1.165) is 30.0 Å². The van der Waals surface area contributed by atoms with Gasteiger partial charge in [-0.2, -0.15) is 10.1 Å². The number of allylic oxidation sites excluding steroid dienone is 2. The maximum absolute atomic E-state index is 13.0. The molecule has 0 spiro atoms. The van der Waals surface area contributed by atoms with Gasteiger partial charge in [0.2, 0.25) is 0 Å². The normalized spacial score (nSPS) is 18.0. The van der Waals surface area contributed by atoms with E-state index in [1.54, 1.807) is 30.3 Å². The molecular weight excluding hydrogens is 474 g/mol. The lowest BCUT2D eigenvalue weighted by Crippen LogP contribution is -2.22. The van der Waals surface area contributed by atoms with Crippen LogP contribution in [0.2, 0.25) is 0 Å². The number of amides is 1. The van der Waals surface area contributed by atoms with E-state index in [0.29, 0.717) is 5.69 Å². The van der Waals surface area contributed by atoms with Crippen LogP contribution in [0.3, 0.4) is 0 Å². The molecule has 38 heavy (non-hydrogen) atoms. The van der Waals surface area contributed by atoms with Crippen LogP contribution in [0.15, 0.2) is 95.6 Å². The van der Waals surface area contributed by atoms with Crippen LogP contribution in [0, 0.1) is 6.92 Å². The number of benzene rings is 3. The minimum atomic E-state index is -1.24. The average molecular weight is 506 g/mol. The molecule has 5 rings (SSSR count). The number of carboxylic acid groups (broad SMARTS) is 1.